The maximum absolute atomic E-state index is 12.3. The molecule has 0 bridgehead atoms. The minimum Gasteiger partial charge on any atom is -0.481 e. The fourth-order valence-corrected chi connectivity index (χ4v) is 2.23. The smallest absolute Gasteiger partial charge is 0.265 e. The Hall–Kier alpha value is -2.62. The van der Waals surface area contributed by atoms with Gasteiger partial charge in [-0.15, -0.1) is 0 Å². The van der Waals surface area contributed by atoms with E-state index in [1.165, 1.54) is 0 Å². The summed E-state index contributed by atoms with van der Waals surface area (Å²) in [6.07, 6.45) is 0.125. The van der Waals surface area contributed by atoms with Crippen molar-refractivity contribution in [3.63, 3.8) is 0 Å². The van der Waals surface area contributed by atoms with Gasteiger partial charge in [-0.3, -0.25) is 9.59 Å². The molecule has 1 amide bonds. The molecular weight excluding hydrogens is 290 g/mol. The van der Waals surface area contributed by atoms with Crippen LogP contribution in [-0.2, 0) is 4.79 Å². The zero-order chi connectivity index (χ0) is 16.8. The van der Waals surface area contributed by atoms with Gasteiger partial charge in [0.15, 0.2) is 6.10 Å². The molecule has 2 aromatic carbocycles. The SMILES string of the molecule is CC(Oc1ccc(C=O)cc1)C(=O)Nc1ccccc1C(C)C. The first-order chi connectivity index (χ1) is 11.0. The second kappa shape index (κ2) is 7.58. The highest BCUT2D eigenvalue weighted by atomic mass is 16.5. The number of carbonyl (C=O) groups is 2. The maximum Gasteiger partial charge on any atom is 0.265 e. The van der Waals surface area contributed by atoms with Crippen LogP contribution in [-0.4, -0.2) is 18.3 Å². The molecule has 0 aliphatic heterocycles. The van der Waals surface area contributed by atoms with Crippen molar-refractivity contribution in [3.8, 4) is 5.75 Å². The number of ether oxygens (including phenoxy) is 1. The largest absolute Gasteiger partial charge is 0.481 e. The third-order valence-electron chi connectivity index (χ3n) is 3.54. The Bertz CT molecular complexity index is 677. The van der Waals surface area contributed by atoms with Gasteiger partial charge < -0.3 is 10.1 Å². The van der Waals surface area contributed by atoms with Gasteiger partial charge in [0.05, 0.1) is 0 Å². The summed E-state index contributed by atoms with van der Waals surface area (Å²) in [5, 5.41) is 2.91. The molecule has 4 heteroatoms. The van der Waals surface area contributed by atoms with Crippen molar-refractivity contribution in [1.29, 1.82) is 0 Å². The van der Waals surface area contributed by atoms with E-state index in [2.05, 4.69) is 19.2 Å². The highest BCUT2D eigenvalue weighted by Gasteiger charge is 2.17. The predicted molar refractivity (Wildman–Crippen MR) is 91.1 cm³/mol. The van der Waals surface area contributed by atoms with Gasteiger partial charge in [-0.1, -0.05) is 32.0 Å². The molecule has 0 aliphatic carbocycles. The van der Waals surface area contributed by atoms with Crippen molar-refractivity contribution in [2.24, 2.45) is 0 Å². The Labute approximate surface area is 136 Å². The lowest BCUT2D eigenvalue weighted by atomic mass is 10.0. The Balaban J connectivity index is 2.03. The first-order valence-electron chi connectivity index (χ1n) is 7.63. The van der Waals surface area contributed by atoms with Crippen molar-refractivity contribution in [2.75, 3.05) is 5.32 Å². The maximum atomic E-state index is 12.3. The van der Waals surface area contributed by atoms with E-state index in [0.29, 0.717) is 17.2 Å². The average molecular weight is 311 g/mol. The van der Waals surface area contributed by atoms with Crippen molar-refractivity contribution in [2.45, 2.75) is 32.8 Å². The van der Waals surface area contributed by atoms with Crippen LogP contribution in [0.4, 0.5) is 5.69 Å². The van der Waals surface area contributed by atoms with Crippen LogP contribution in [0.15, 0.2) is 48.5 Å². The molecule has 0 saturated heterocycles. The van der Waals surface area contributed by atoms with Crippen molar-refractivity contribution in [3.05, 3.63) is 59.7 Å². The van der Waals surface area contributed by atoms with Gasteiger partial charge in [0, 0.05) is 11.3 Å². The number of aldehydes is 1. The number of nitrogens with one attached hydrogen (secondary N) is 1. The summed E-state index contributed by atoms with van der Waals surface area (Å²) >= 11 is 0. The molecule has 0 spiro atoms. The number of anilines is 1. The van der Waals surface area contributed by atoms with Crippen LogP contribution >= 0.6 is 0 Å². The van der Waals surface area contributed by atoms with E-state index in [9.17, 15) is 9.59 Å². The number of para-hydroxylation sites is 1. The van der Waals surface area contributed by atoms with Gasteiger partial charge in [-0.05, 0) is 48.7 Å². The first-order valence-corrected chi connectivity index (χ1v) is 7.63. The van der Waals surface area contributed by atoms with Crippen molar-refractivity contribution >= 4 is 17.9 Å². The molecule has 120 valence electrons. The zero-order valence-corrected chi connectivity index (χ0v) is 13.6. The number of benzene rings is 2. The Morgan fingerprint density at radius 3 is 2.30 bits per heavy atom. The van der Waals surface area contributed by atoms with Gasteiger partial charge >= 0.3 is 0 Å². The monoisotopic (exact) mass is 311 g/mol. The van der Waals surface area contributed by atoms with Crippen LogP contribution in [0.5, 0.6) is 5.75 Å². The molecule has 0 aromatic heterocycles. The summed E-state index contributed by atoms with van der Waals surface area (Å²) in [7, 11) is 0. The van der Waals surface area contributed by atoms with Crippen molar-refractivity contribution < 1.29 is 14.3 Å². The highest BCUT2D eigenvalue weighted by Crippen LogP contribution is 2.24. The fraction of sp³-hybridized carbons (Fsp3) is 0.263. The second-order valence-electron chi connectivity index (χ2n) is 5.68. The molecule has 0 fully saturated rings. The lowest BCUT2D eigenvalue weighted by Gasteiger charge is -2.17. The van der Waals surface area contributed by atoms with E-state index in [1.54, 1.807) is 31.2 Å². The standard InChI is InChI=1S/C19H21NO3/c1-13(2)17-6-4-5-7-18(17)20-19(22)14(3)23-16-10-8-15(12-21)9-11-16/h4-14H,1-3H3,(H,20,22). The number of hydrogen-bond acceptors (Lipinski definition) is 3. The van der Waals surface area contributed by atoms with Crippen LogP contribution < -0.4 is 10.1 Å². The minimum absolute atomic E-state index is 0.211. The third-order valence-corrected chi connectivity index (χ3v) is 3.54. The van der Waals surface area contributed by atoms with E-state index >= 15 is 0 Å². The molecule has 1 unspecified atom stereocenters. The Morgan fingerprint density at radius 2 is 1.70 bits per heavy atom. The molecule has 23 heavy (non-hydrogen) atoms. The van der Waals surface area contributed by atoms with E-state index in [-0.39, 0.29) is 5.91 Å². The first kappa shape index (κ1) is 16.7. The molecule has 1 N–H and O–H groups in total. The van der Waals surface area contributed by atoms with Gasteiger partial charge in [-0.2, -0.15) is 0 Å². The third kappa shape index (κ3) is 4.42. The van der Waals surface area contributed by atoms with Gasteiger partial charge in [0.2, 0.25) is 0 Å². The van der Waals surface area contributed by atoms with E-state index in [1.807, 2.05) is 24.3 Å². The molecule has 2 rings (SSSR count). The van der Waals surface area contributed by atoms with Crippen LogP contribution in [0.1, 0.15) is 42.6 Å². The summed E-state index contributed by atoms with van der Waals surface area (Å²) in [6.45, 7) is 5.86. The molecule has 2 aromatic rings. The van der Waals surface area contributed by atoms with Crippen LogP contribution in [0.3, 0.4) is 0 Å². The Morgan fingerprint density at radius 1 is 1.04 bits per heavy atom. The van der Waals surface area contributed by atoms with Gasteiger partial charge in [-0.25, -0.2) is 0 Å². The Kier molecular flexibility index (Phi) is 5.52. The highest BCUT2D eigenvalue weighted by molar-refractivity contribution is 5.94. The van der Waals surface area contributed by atoms with Crippen molar-refractivity contribution in [1.82, 2.24) is 0 Å². The van der Waals surface area contributed by atoms with Crippen LogP contribution in [0.25, 0.3) is 0 Å². The molecule has 4 nitrogen and oxygen atoms in total. The minimum atomic E-state index is -0.641. The second-order valence-corrected chi connectivity index (χ2v) is 5.68. The average Bonchev–Trinajstić information content (AvgIpc) is 2.55. The lowest BCUT2D eigenvalue weighted by Crippen LogP contribution is -2.30. The topological polar surface area (TPSA) is 55.4 Å². The molecule has 0 heterocycles. The number of rotatable bonds is 6. The fourth-order valence-electron chi connectivity index (χ4n) is 2.23. The predicted octanol–water partition coefficient (Wildman–Crippen LogP) is 4.03. The van der Waals surface area contributed by atoms with Gasteiger partial charge in [0.25, 0.3) is 5.91 Å². The van der Waals surface area contributed by atoms with Gasteiger partial charge in [0.1, 0.15) is 12.0 Å². The van der Waals surface area contributed by atoms with E-state index in [4.69, 9.17) is 4.74 Å². The van der Waals surface area contributed by atoms with E-state index in [0.717, 1.165) is 17.5 Å². The number of hydrogen-bond donors (Lipinski definition) is 1. The van der Waals surface area contributed by atoms with Crippen LogP contribution in [0, 0.1) is 0 Å². The molecule has 0 saturated carbocycles. The molecule has 0 radical (unpaired) electrons. The molecule has 0 aliphatic rings. The lowest BCUT2D eigenvalue weighted by molar-refractivity contribution is -0.122. The quantitative estimate of drug-likeness (QED) is 0.819. The normalized spacial score (nSPS) is 11.8. The molecular formula is C19H21NO3. The zero-order valence-electron chi connectivity index (χ0n) is 13.6. The van der Waals surface area contributed by atoms with Crippen LogP contribution in [0.2, 0.25) is 0 Å². The summed E-state index contributed by atoms with van der Waals surface area (Å²) in [5.41, 5.74) is 2.46. The summed E-state index contributed by atoms with van der Waals surface area (Å²) in [5.74, 6) is 0.659. The molecule has 1 atom stereocenters. The number of amides is 1. The summed E-state index contributed by atoms with van der Waals surface area (Å²) < 4.78 is 5.62. The van der Waals surface area contributed by atoms with E-state index < -0.39 is 6.10 Å². The summed E-state index contributed by atoms with van der Waals surface area (Å²) in [4.78, 5) is 23.0. The number of carbonyl (C=O) groups excluding carboxylic acids is 2. The summed E-state index contributed by atoms with van der Waals surface area (Å²) in [6, 6.07) is 14.4.